The zero-order valence-corrected chi connectivity index (χ0v) is 7.96. The SMILES string of the molecule is CC(O)N(CN(CO)CO)C(C)O. The van der Waals surface area contributed by atoms with E-state index < -0.39 is 12.5 Å². The highest BCUT2D eigenvalue weighted by Gasteiger charge is 2.18. The zero-order chi connectivity index (χ0) is 10.4. The van der Waals surface area contributed by atoms with Crippen LogP contribution in [0.4, 0.5) is 0 Å². The van der Waals surface area contributed by atoms with E-state index in [1.807, 2.05) is 0 Å². The van der Waals surface area contributed by atoms with Crippen LogP contribution in [0, 0.1) is 0 Å². The van der Waals surface area contributed by atoms with Gasteiger partial charge in [-0.2, -0.15) is 0 Å². The first kappa shape index (κ1) is 12.8. The molecule has 6 heteroatoms. The highest BCUT2D eigenvalue weighted by atomic mass is 16.3. The predicted octanol–water partition coefficient (Wildman–Crippen LogP) is -1.88. The Hall–Kier alpha value is -0.240. The van der Waals surface area contributed by atoms with Gasteiger partial charge in [0, 0.05) is 0 Å². The first-order valence-electron chi connectivity index (χ1n) is 4.08. The molecule has 0 aromatic rings. The molecule has 0 aliphatic heterocycles. The minimum absolute atomic E-state index is 0.0995. The summed E-state index contributed by atoms with van der Waals surface area (Å²) >= 11 is 0. The van der Waals surface area contributed by atoms with Crippen molar-refractivity contribution in [1.29, 1.82) is 0 Å². The van der Waals surface area contributed by atoms with E-state index >= 15 is 0 Å². The van der Waals surface area contributed by atoms with Crippen molar-refractivity contribution < 1.29 is 20.4 Å². The lowest BCUT2D eigenvalue weighted by atomic mass is 10.4. The number of aliphatic hydroxyl groups excluding tert-OH is 4. The molecule has 0 aliphatic rings. The average Bonchev–Trinajstić information content (AvgIpc) is 2.05. The maximum Gasteiger partial charge on any atom is 0.107 e. The molecule has 0 aromatic heterocycles. The van der Waals surface area contributed by atoms with Crippen LogP contribution in [0.3, 0.4) is 0 Å². The molecule has 0 aromatic carbocycles. The van der Waals surface area contributed by atoms with Crippen LogP contribution < -0.4 is 0 Å². The van der Waals surface area contributed by atoms with Gasteiger partial charge in [0.05, 0.1) is 20.1 Å². The zero-order valence-electron chi connectivity index (χ0n) is 7.96. The monoisotopic (exact) mass is 194 g/mol. The Bertz CT molecular complexity index is 120. The van der Waals surface area contributed by atoms with E-state index in [-0.39, 0.29) is 20.1 Å². The van der Waals surface area contributed by atoms with Crippen molar-refractivity contribution in [2.45, 2.75) is 26.3 Å². The summed E-state index contributed by atoms with van der Waals surface area (Å²) in [6.07, 6.45) is -1.67. The van der Waals surface area contributed by atoms with Crippen LogP contribution in [-0.4, -0.2) is 62.8 Å². The van der Waals surface area contributed by atoms with Crippen molar-refractivity contribution in [1.82, 2.24) is 9.80 Å². The number of hydrogen-bond donors (Lipinski definition) is 4. The van der Waals surface area contributed by atoms with Gasteiger partial charge in [-0.1, -0.05) is 0 Å². The van der Waals surface area contributed by atoms with Crippen LogP contribution in [0.15, 0.2) is 0 Å². The third-order valence-electron chi connectivity index (χ3n) is 1.72. The molecule has 0 fully saturated rings. The molecule has 0 amide bonds. The van der Waals surface area contributed by atoms with Crippen molar-refractivity contribution in [3.63, 3.8) is 0 Å². The van der Waals surface area contributed by atoms with Crippen LogP contribution in [0.5, 0.6) is 0 Å². The maximum atomic E-state index is 9.20. The van der Waals surface area contributed by atoms with Gasteiger partial charge < -0.3 is 20.4 Å². The standard InChI is InChI=1S/C7H18N2O4/c1-6(12)9(7(2)13)3-8(4-10)5-11/h6-7,10-13H,3-5H2,1-2H3. The highest BCUT2D eigenvalue weighted by molar-refractivity contribution is 4.58. The lowest BCUT2D eigenvalue weighted by molar-refractivity contribution is -0.128. The van der Waals surface area contributed by atoms with E-state index in [1.54, 1.807) is 0 Å². The molecule has 0 radical (unpaired) electrons. The summed E-state index contributed by atoms with van der Waals surface area (Å²) in [5, 5.41) is 35.8. The Balaban J connectivity index is 4.08. The molecule has 2 atom stereocenters. The lowest BCUT2D eigenvalue weighted by Gasteiger charge is -2.32. The fraction of sp³-hybridized carbons (Fsp3) is 1.00. The predicted molar refractivity (Wildman–Crippen MR) is 46.1 cm³/mol. The van der Waals surface area contributed by atoms with E-state index in [0.29, 0.717) is 0 Å². The van der Waals surface area contributed by atoms with Crippen molar-refractivity contribution >= 4 is 0 Å². The smallest absolute Gasteiger partial charge is 0.107 e. The Labute approximate surface area is 77.6 Å². The molecule has 6 nitrogen and oxygen atoms in total. The van der Waals surface area contributed by atoms with E-state index in [0.717, 1.165) is 0 Å². The number of rotatable bonds is 6. The third kappa shape index (κ3) is 4.51. The fourth-order valence-corrected chi connectivity index (χ4v) is 0.914. The van der Waals surface area contributed by atoms with Gasteiger partial charge in [0.15, 0.2) is 0 Å². The summed E-state index contributed by atoms with van der Waals surface area (Å²) in [5.74, 6) is 0. The summed E-state index contributed by atoms with van der Waals surface area (Å²) in [6.45, 7) is 2.44. The van der Waals surface area contributed by atoms with Gasteiger partial charge in [0.2, 0.25) is 0 Å². The fourth-order valence-electron chi connectivity index (χ4n) is 0.914. The summed E-state index contributed by atoms with van der Waals surface area (Å²) < 4.78 is 0. The lowest BCUT2D eigenvalue weighted by Crippen LogP contribution is -2.47. The second-order valence-corrected chi connectivity index (χ2v) is 2.87. The minimum atomic E-state index is -0.833. The van der Waals surface area contributed by atoms with E-state index in [2.05, 4.69) is 0 Å². The van der Waals surface area contributed by atoms with Crippen LogP contribution in [0.1, 0.15) is 13.8 Å². The molecule has 0 rings (SSSR count). The molecule has 0 bridgehead atoms. The van der Waals surface area contributed by atoms with Gasteiger partial charge in [-0.05, 0) is 13.8 Å². The van der Waals surface area contributed by atoms with Gasteiger partial charge in [-0.25, -0.2) is 9.80 Å². The number of nitrogens with zero attached hydrogens (tertiary/aromatic N) is 2. The Morgan fingerprint density at radius 2 is 1.38 bits per heavy atom. The molecule has 80 valence electrons. The van der Waals surface area contributed by atoms with Gasteiger partial charge in [-0.15, -0.1) is 0 Å². The quantitative estimate of drug-likeness (QED) is 0.370. The van der Waals surface area contributed by atoms with Crippen LogP contribution in [-0.2, 0) is 0 Å². The van der Waals surface area contributed by atoms with Crippen molar-refractivity contribution in [3.8, 4) is 0 Å². The molecular weight excluding hydrogens is 176 g/mol. The molecule has 0 saturated heterocycles. The largest absolute Gasteiger partial charge is 0.381 e. The van der Waals surface area contributed by atoms with Gasteiger partial charge >= 0.3 is 0 Å². The van der Waals surface area contributed by atoms with Crippen molar-refractivity contribution in [2.75, 3.05) is 20.1 Å². The van der Waals surface area contributed by atoms with Gasteiger partial charge in [0.1, 0.15) is 12.5 Å². The summed E-state index contributed by atoms with van der Waals surface area (Å²) in [4.78, 5) is 2.56. The second-order valence-electron chi connectivity index (χ2n) is 2.87. The minimum Gasteiger partial charge on any atom is -0.381 e. The molecule has 0 heterocycles. The summed E-state index contributed by atoms with van der Waals surface area (Å²) in [5.41, 5.74) is 0. The maximum absolute atomic E-state index is 9.20. The topological polar surface area (TPSA) is 87.4 Å². The molecule has 0 spiro atoms. The average molecular weight is 194 g/mol. The third-order valence-corrected chi connectivity index (χ3v) is 1.72. The van der Waals surface area contributed by atoms with Crippen LogP contribution in [0.2, 0.25) is 0 Å². The van der Waals surface area contributed by atoms with Crippen LogP contribution in [0.25, 0.3) is 0 Å². The van der Waals surface area contributed by atoms with Crippen LogP contribution >= 0.6 is 0 Å². The Morgan fingerprint density at radius 1 is 1.00 bits per heavy atom. The summed E-state index contributed by atoms with van der Waals surface area (Å²) in [7, 11) is 0. The molecular formula is C7H18N2O4. The van der Waals surface area contributed by atoms with E-state index in [9.17, 15) is 10.2 Å². The van der Waals surface area contributed by atoms with E-state index in [4.69, 9.17) is 10.2 Å². The first-order chi connectivity index (χ1) is 6.02. The number of aliphatic hydroxyl groups is 4. The summed E-state index contributed by atoms with van der Waals surface area (Å²) in [6, 6.07) is 0. The Kier molecular flexibility index (Phi) is 6.13. The Morgan fingerprint density at radius 3 is 1.62 bits per heavy atom. The van der Waals surface area contributed by atoms with Gasteiger partial charge in [-0.3, -0.25) is 0 Å². The molecule has 2 unspecified atom stereocenters. The molecule has 0 aliphatic carbocycles. The first-order valence-corrected chi connectivity index (χ1v) is 4.08. The molecule has 4 N–H and O–H groups in total. The van der Waals surface area contributed by atoms with Gasteiger partial charge in [0.25, 0.3) is 0 Å². The number of hydrogen-bond acceptors (Lipinski definition) is 6. The normalized spacial score (nSPS) is 16.6. The highest BCUT2D eigenvalue weighted by Crippen LogP contribution is 2.02. The van der Waals surface area contributed by atoms with E-state index in [1.165, 1.54) is 23.6 Å². The van der Waals surface area contributed by atoms with Crippen molar-refractivity contribution in [3.05, 3.63) is 0 Å². The molecule has 13 heavy (non-hydrogen) atoms. The second kappa shape index (κ2) is 6.25. The van der Waals surface area contributed by atoms with Crippen molar-refractivity contribution in [2.24, 2.45) is 0 Å². The molecule has 0 saturated carbocycles.